The monoisotopic (exact) mass is 200 g/mol. The molecule has 0 rings (SSSR count). The molecule has 0 saturated heterocycles. The zero-order chi connectivity index (χ0) is 11.1. The molecular weight excluding hydrogens is 176 g/mol. The van der Waals surface area contributed by atoms with Gasteiger partial charge < -0.3 is 5.11 Å². The minimum atomic E-state index is -0.214. The van der Waals surface area contributed by atoms with Crippen molar-refractivity contribution in [2.24, 2.45) is 11.8 Å². The maximum absolute atomic E-state index is 11.1. The molecule has 2 heteroatoms. The molecule has 2 nitrogen and oxygen atoms in total. The lowest BCUT2D eigenvalue weighted by molar-refractivity contribution is -0.119. The van der Waals surface area contributed by atoms with E-state index in [4.69, 9.17) is 0 Å². The molecule has 0 aromatic carbocycles. The number of hydrogen-bond donors (Lipinski definition) is 1. The van der Waals surface area contributed by atoms with Gasteiger partial charge in [0.05, 0.1) is 6.10 Å². The van der Waals surface area contributed by atoms with Crippen molar-refractivity contribution >= 4 is 5.78 Å². The Labute approximate surface area is 87.7 Å². The van der Waals surface area contributed by atoms with Gasteiger partial charge in [-0.3, -0.25) is 4.79 Å². The third-order valence-corrected chi connectivity index (χ3v) is 2.70. The molecule has 0 bridgehead atoms. The average molecular weight is 200 g/mol. The zero-order valence-electron chi connectivity index (χ0n) is 9.92. The number of rotatable bonds is 7. The van der Waals surface area contributed by atoms with Gasteiger partial charge in [-0.15, -0.1) is 0 Å². The molecular formula is C12H24O2. The topological polar surface area (TPSA) is 37.3 Å². The van der Waals surface area contributed by atoms with E-state index in [0.717, 1.165) is 12.8 Å². The minimum Gasteiger partial charge on any atom is -0.393 e. The number of carbonyl (C=O) groups excluding carboxylic acids is 1. The van der Waals surface area contributed by atoms with Crippen LogP contribution in [0, 0.1) is 11.8 Å². The first kappa shape index (κ1) is 13.6. The van der Waals surface area contributed by atoms with Crippen molar-refractivity contribution in [2.75, 3.05) is 0 Å². The molecule has 84 valence electrons. The molecule has 14 heavy (non-hydrogen) atoms. The van der Waals surface area contributed by atoms with Gasteiger partial charge in [-0.05, 0) is 24.7 Å². The maximum Gasteiger partial charge on any atom is 0.132 e. The predicted molar refractivity (Wildman–Crippen MR) is 59.2 cm³/mol. The van der Waals surface area contributed by atoms with Crippen molar-refractivity contribution in [2.45, 2.75) is 59.5 Å². The number of ketones is 1. The van der Waals surface area contributed by atoms with Gasteiger partial charge in [0.1, 0.15) is 5.78 Å². The molecule has 1 N–H and O–H groups in total. The van der Waals surface area contributed by atoms with Crippen LogP contribution >= 0.6 is 0 Å². The number of Topliss-reactive ketones (excluding diaryl/α,β-unsaturated/α-hetero) is 1. The smallest absolute Gasteiger partial charge is 0.132 e. The van der Waals surface area contributed by atoms with Crippen LogP contribution in [0.15, 0.2) is 0 Å². The van der Waals surface area contributed by atoms with Crippen LogP contribution in [-0.4, -0.2) is 17.0 Å². The van der Waals surface area contributed by atoms with Gasteiger partial charge in [0.15, 0.2) is 0 Å². The first-order chi connectivity index (χ1) is 6.47. The Morgan fingerprint density at radius 3 is 2.21 bits per heavy atom. The summed E-state index contributed by atoms with van der Waals surface area (Å²) in [6.07, 6.45) is 2.86. The number of aliphatic hydroxyl groups is 1. The van der Waals surface area contributed by atoms with E-state index in [1.165, 1.54) is 0 Å². The van der Waals surface area contributed by atoms with Crippen molar-refractivity contribution in [3.63, 3.8) is 0 Å². The Morgan fingerprint density at radius 2 is 1.79 bits per heavy atom. The van der Waals surface area contributed by atoms with E-state index < -0.39 is 0 Å². The van der Waals surface area contributed by atoms with Gasteiger partial charge in [-0.1, -0.05) is 27.7 Å². The fraction of sp³-hybridized carbons (Fsp3) is 0.917. The lowest BCUT2D eigenvalue weighted by atomic mass is 9.93. The normalized spacial score (nSPS) is 15.6. The van der Waals surface area contributed by atoms with Gasteiger partial charge in [0.25, 0.3) is 0 Å². The minimum absolute atomic E-state index is 0.214. The van der Waals surface area contributed by atoms with Crippen LogP contribution in [0.25, 0.3) is 0 Å². The van der Waals surface area contributed by atoms with E-state index in [9.17, 15) is 9.90 Å². The summed E-state index contributed by atoms with van der Waals surface area (Å²) in [7, 11) is 0. The van der Waals surface area contributed by atoms with E-state index in [0.29, 0.717) is 30.5 Å². The summed E-state index contributed by atoms with van der Waals surface area (Å²) < 4.78 is 0. The highest BCUT2D eigenvalue weighted by atomic mass is 16.3. The summed E-state index contributed by atoms with van der Waals surface area (Å²) in [5.74, 6) is 1.07. The molecule has 0 saturated carbocycles. The van der Waals surface area contributed by atoms with E-state index in [2.05, 4.69) is 6.92 Å². The Morgan fingerprint density at radius 1 is 1.21 bits per heavy atom. The molecule has 2 atom stereocenters. The van der Waals surface area contributed by atoms with Gasteiger partial charge in [-0.2, -0.15) is 0 Å². The second kappa shape index (κ2) is 6.99. The van der Waals surface area contributed by atoms with Gasteiger partial charge in [-0.25, -0.2) is 0 Å². The van der Waals surface area contributed by atoms with Crippen molar-refractivity contribution in [3.8, 4) is 0 Å². The molecule has 0 fully saturated rings. The second-order valence-corrected chi connectivity index (χ2v) is 4.59. The molecule has 0 unspecified atom stereocenters. The van der Waals surface area contributed by atoms with Gasteiger partial charge in [0.2, 0.25) is 0 Å². The lowest BCUT2D eigenvalue weighted by Crippen LogP contribution is -2.16. The first-order valence-corrected chi connectivity index (χ1v) is 5.67. The summed E-state index contributed by atoms with van der Waals surface area (Å²) in [5, 5.41) is 9.58. The van der Waals surface area contributed by atoms with Gasteiger partial charge >= 0.3 is 0 Å². The molecule has 0 aromatic rings. The third-order valence-electron chi connectivity index (χ3n) is 2.70. The number of aliphatic hydroxyl groups excluding tert-OH is 1. The molecule has 0 spiro atoms. The van der Waals surface area contributed by atoms with Crippen LogP contribution in [-0.2, 0) is 4.79 Å². The van der Waals surface area contributed by atoms with Crippen LogP contribution in [0.1, 0.15) is 53.4 Å². The summed E-state index contributed by atoms with van der Waals surface area (Å²) in [6, 6.07) is 0. The first-order valence-electron chi connectivity index (χ1n) is 5.67. The highest BCUT2D eigenvalue weighted by Gasteiger charge is 2.12. The fourth-order valence-corrected chi connectivity index (χ4v) is 1.42. The number of hydrogen-bond acceptors (Lipinski definition) is 2. The third kappa shape index (κ3) is 6.14. The molecule has 0 aliphatic heterocycles. The van der Waals surface area contributed by atoms with Crippen LogP contribution in [0.4, 0.5) is 0 Å². The van der Waals surface area contributed by atoms with Crippen molar-refractivity contribution < 1.29 is 9.90 Å². The maximum atomic E-state index is 11.1. The summed E-state index contributed by atoms with van der Waals surface area (Å²) in [4.78, 5) is 11.1. The lowest BCUT2D eigenvalue weighted by Gasteiger charge is -2.16. The molecule has 0 radical (unpaired) electrons. The summed E-state index contributed by atoms with van der Waals surface area (Å²) in [6.45, 7) is 8.03. The van der Waals surface area contributed by atoms with Crippen molar-refractivity contribution in [3.05, 3.63) is 0 Å². The number of carbonyl (C=O) groups is 1. The van der Waals surface area contributed by atoms with E-state index in [1.54, 1.807) is 0 Å². The van der Waals surface area contributed by atoms with E-state index in [-0.39, 0.29) is 6.10 Å². The quantitative estimate of drug-likeness (QED) is 0.686. The molecule has 0 amide bonds. The molecule has 0 heterocycles. The predicted octanol–water partition coefficient (Wildman–Crippen LogP) is 2.79. The highest BCUT2D eigenvalue weighted by molar-refractivity contribution is 5.78. The molecule has 0 aliphatic carbocycles. The standard InChI is InChI=1S/C12H24O2/c1-5-11(13)8-10(4)6-7-12(14)9(2)3/h9-10,12,14H,5-8H2,1-4H3/t10-,12+/m1/s1. The Kier molecular flexibility index (Phi) is 6.81. The van der Waals surface area contributed by atoms with Gasteiger partial charge in [0, 0.05) is 12.8 Å². The fourth-order valence-electron chi connectivity index (χ4n) is 1.42. The highest BCUT2D eigenvalue weighted by Crippen LogP contribution is 2.16. The molecule has 0 aromatic heterocycles. The largest absolute Gasteiger partial charge is 0.393 e. The molecule has 0 aliphatic rings. The van der Waals surface area contributed by atoms with Crippen LogP contribution in [0.5, 0.6) is 0 Å². The van der Waals surface area contributed by atoms with Crippen molar-refractivity contribution in [1.82, 2.24) is 0 Å². The zero-order valence-corrected chi connectivity index (χ0v) is 9.92. The van der Waals surface area contributed by atoms with Crippen LogP contribution in [0.3, 0.4) is 0 Å². The summed E-state index contributed by atoms with van der Waals surface area (Å²) >= 11 is 0. The SMILES string of the molecule is CCC(=O)C[C@H](C)CC[C@H](O)C(C)C. The van der Waals surface area contributed by atoms with Crippen LogP contribution < -0.4 is 0 Å². The Bertz CT molecular complexity index is 164. The van der Waals surface area contributed by atoms with Crippen LogP contribution in [0.2, 0.25) is 0 Å². The Hall–Kier alpha value is -0.370. The van der Waals surface area contributed by atoms with Crippen molar-refractivity contribution in [1.29, 1.82) is 0 Å². The second-order valence-electron chi connectivity index (χ2n) is 4.59. The van der Waals surface area contributed by atoms with E-state index >= 15 is 0 Å². The van der Waals surface area contributed by atoms with E-state index in [1.807, 2.05) is 20.8 Å². The summed E-state index contributed by atoms with van der Waals surface area (Å²) in [5.41, 5.74) is 0. The average Bonchev–Trinajstić information content (AvgIpc) is 2.13. The Balaban J connectivity index is 3.63.